The van der Waals surface area contributed by atoms with Gasteiger partial charge in [0.25, 0.3) is 0 Å². The lowest BCUT2D eigenvalue weighted by Crippen LogP contribution is -2.36. The topological polar surface area (TPSA) is 105 Å². The third-order valence-corrected chi connectivity index (χ3v) is 3.93. The van der Waals surface area contributed by atoms with Crippen molar-refractivity contribution in [3.63, 3.8) is 0 Å². The van der Waals surface area contributed by atoms with Crippen LogP contribution in [0.5, 0.6) is 0 Å². The van der Waals surface area contributed by atoms with Gasteiger partial charge in [-0.05, 0) is 38.0 Å². The van der Waals surface area contributed by atoms with Crippen LogP contribution in [0.25, 0.3) is 0 Å². The Kier molecular flexibility index (Phi) is 7.75. The SMILES string of the molecule is CC(C)(C)OC(=O)c1ccccc1C(O)C(O)CNC(=O)OCc1ccccc1. The van der Waals surface area contributed by atoms with Crippen LogP contribution in [0.4, 0.5) is 4.79 Å². The number of hydrogen-bond acceptors (Lipinski definition) is 6. The van der Waals surface area contributed by atoms with Crippen molar-refractivity contribution >= 4 is 12.1 Å². The number of ether oxygens (including phenoxy) is 2. The first kappa shape index (κ1) is 22.4. The summed E-state index contributed by atoms with van der Waals surface area (Å²) in [5, 5.41) is 23.2. The monoisotopic (exact) mass is 401 g/mol. The lowest BCUT2D eigenvalue weighted by Gasteiger charge is -2.23. The fraction of sp³-hybridized carbons (Fsp3) is 0.364. The molecule has 2 unspecified atom stereocenters. The highest BCUT2D eigenvalue weighted by atomic mass is 16.6. The predicted octanol–water partition coefficient (Wildman–Crippen LogP) is 2.96. The van der Waals surface area contributed by atoms with Crippen LogP contribution >= 0.6 is 0 Å². The fourth-order valence-electron chi connectivity index (χ4n) is 2.55. The summed E-state index contributed by atoms with van der Waals surface area (Å²) in [5.41, 5.74) is 0.501. The first-order chi connectivity index (χ1) is 13.7. The number of carbonyl (C=O) groups is 2. The zero-order valence-electron chi connectivity index (χ0n) is 16.8. The summed E-state index contributed by atoms with van der Waals surface area (Å²) in [6.07, 6.45) is -3.46. The Morgan fingerprint density at radius 2 is 1.62 bits per heavy atom. The van der Waals surface area contributed by atoms with Crippen LogP contribution < -0.4 is 5.32 Å². The number of benzene rings is 2. The average Bonchev–Trinajstić information content (AvgIpc) is 2.69. The van der Waals surface area contributed by atoms with Crippen LogP contribution in [0.15, 0.2) is 54.6 Å². The number of nitrogens with one attached hydrogen (secondary N) is 1. The van der Waals surface area contributed by atoms with E-state index in [1.165, 1.54) is 12.1 Å². The van der Waals surface area contributed by atoms with Gasteiger partial charge in [-0.25, -0.2) is 9.59 Å². The zero-order chi connectivity index (χ0) is 21.4. The van der Waals surface area contributed by atoms with Crippen LogP contribution in [0.2, 0.25) is 0 Å². The lowest BCUT2D eigenvalue weighted by atomic mass is 9.98. The molecular weight excluding hydrogens is 374 g/mol. The van der Waals surface area contributed by atoms with Crippen molar-refractivity contribution in [1.82, 2.24) is 5.32 Å². The van der Waals surface area contributed by atoms with E-state index in [-0.39, 0.29) is 24.3 Å². The van der Waals surface area contributed by atoms with E-state index in [0.29, 0.717) is 0 Å². The number of alkyl carbamates (subject to hydrolysis) is 1. The largest absolute Gasteiger partial charge is 0.456 e. The van der Waals surface area contributed by atoms with E-state index in [2.05, 4.69) is 5.32 Å². The molecule has 0 aromatic heterocycles. The molecule has 29 heavy (non-hydrogen) atoms. The Hall–Kier alpha value is -2.90. The number of carbonyl (C=O) groups excluding carboxylic acids is 2. The summed E-state index contributed by atoms with van der Waals surface area (Å²) in [4.78, 5) is 24.2. The fourth-order valence-corrected chi connectivity index (χ4v) is 2.55. The summed E-state index contributed by atoms with van der Waals surface area (Å²) in [7, 11) is 0. The van der Waals surface area contributed by atoms with Gasteiger partial charge in [-0.3, -0.25) is 0 Å². The van der Waals surface area contributed by atoms with Gasteiger partial charge in [0.2, 0.25) is 0 Å². The van der Waals surface area contributed by atoms with Crippen molar-refractivity contribution in [3.8, 4) is 0 Å². The number of esters is 1. The molecule has 0 fully saturated rings. The highest BCUT2D eigenvalue weighted by molar-refractivity contribution is 5.91. The van der Waals surface area contributed by atoms with Gasteiger partial charge in [0.05, 0.1) is 5.56 Å². The number of rotatable bonds is 7. The van der Waals surface area contributed by atoms with E-state index in [9.17, 15) is 19.8 Å². The van der Waals surface area contributed by atoms with Crippen LogP contribution in [0, 0.1) is 0 Å². The molecule has 156 valence electrons. The molecule has 0 saturated carbocycles. The van der Waals surface area contributed by atoms with Gasteiger partial charge in [-0.15, -0.1) is 0 Å². The molecule has 2 aromatic rings. The van der Waals surface area contributed by atoms with Crippen molar-refractivity contribution in [3.05, 3.63) is 71.3 Å². The Labute approximate surface area is 170 Å². The minimum absolute atomic E-state index is 0.0901. The molecule has 0 aliphatic rings. The van der Waals surface area contributed by atoms with Gasteiger partial charge in [0, 0.05) is 6.54 Å². The van der Waals surface area contributed by atoms with Gasteiger partial charge in [-0.1, -0.05) is 48.5 Å². The molecule has 0 radical (unpaired) electrons. The van der Waals surface area contributed by atoms with Crippen LogP contribution in [0.1, 0.15) is 48.4 Å². The number of aliphatic hydroxyl groups is 2. The van der Waals surface area contributed by atoms with Gasteiger partial charge in [-0.2, -0.15) is 0 Å². The molecule has 7 heteroatoms. The molecule has 0 spiro atoms. The quantitative estimate of drug-likeness (QED) is 0.616. The summed E-state index contributed by atoms with van der Waals surface area (Å²) in [5.74, 6) is -0.602. The summed E-state index contributed by atoms with van der Waals surface area (Å²) >= 11 is 0. The number of amides is 1. The van der Waals surface area contributed by atoms with Crippen molar-refractivity contribution in [1.29, 1.82) is 0 Å². The molecule has 2 aromatic carbocycles. The molecule has 0 heterocycles. The highest BCUT2D eigenvalue weighted by Crippen LogP contribution is 2.23. The highest BCUT2D eigenvalue weighted by Gasteiger charge is 2.26. The first-order valence-electron chi connectivity index (χ1n) is 9.30. The van der Waals surface area contributed by atoms with Gasteiger partial charge in [0.1, 0.15) is 24.4 Å². The van der Waals surface area contributed by atoms with Crippen molar-refractivity contribution < 1.29 is 29.3 Å². The summed E-state index contributed by atoms with van der Waals surface area (Å²) in [6, 6.07) is 15.5. The standard InChI is InChI=1S/C22H27NO6/c1-22(2,3)29-20(26)17-12-8-7-11-16(17)19(25)18(24)13-23-21(27)28-14-15-9-5-4-6-10-15/h4-12,18-19,24-25H,13-14H2,1-3H3,(H,23,27). The minimum atomic E-state index is -1.40. The van der Waals surface area contributed by atoms with Crippen molar-refractivity contribution in [2.45, 2.75) is 45.2 Å². The second-order valence-corrected chi connectivity index (χ2v) is 7.54. The Morgan fingerprint density at radius 1 is 1.00 bits per heavy atom. The Balaban J connectivity index is 1.93. The minimum Gasteiger partial charge on any atom is -0.456 e. The molecule has 3 N–H and O–H groups in total. The van der Waals surface area contributed by atoms with E-state index in [0.717, 1.165) is 5.56 Å². The second kappa shape index (κ2) is 10.0. The van der Waals surface area contributed by atoms with E-state index >= 15 is 0 Å². The Morgan fingerprint density at radius 3 is 2.28 bits per heavy atom. The lowest BCUT2D eigenvalue weighted by molar-refractivity contribution is 0.00315. The van der Waals surface area contributed by atoms with Crippen LogP contribution in [0.3, 0.4) is 0 Å². The van der Waals surface area contributed by atoms with Crippen LogP contribution in [-0.2, 0) is 16.1 Å². The molecule has 2 atom stereocenters. The molecule has 0 saturated heterocycles. The molecule has 0 aliphatic heterocycles. The van der Waals surface area contributed by atoms with Crippen molar-refractivity contribution in [2.24, 2.45) is 0 Å². The second-order valence-electron chi connectivity index (χ2n) is 7.54. The molecule has 2 rings (SSSR count). The third-order valence-electron chi connectivity index (χ3n) is 3.93. The molecule has 7 nitrogen and oxygen atoms in total. The zero-order valence-corrected chi connectivity index (χ0v) is 16.8. The smallest absolute Gasteiger partial charge is 0.407 e. The maximum Gasteiger partial charge on any atom is 0.407 e. The number of aliphatic hydroxyl groups excluding tert-OH is 2. The van der Waals surface area contributed by atoms with Crippen molar-refractivity contribution in [2.75, 3.05) is 6.54 Å². The van der Waals surface area contributed by atoms with Gasteiger partial charge >= 0.3 is 12.1 Å². The van der Waals surface area contributed by atoms with Gasteiger partial charge in [0.15, 0.2) is 0 Å². The average molecular weight is 401 g/mol. The predicted molar refractivity (Wildman–Crippen MR) is 107 cm³/mol. The van der Waals surface area contributed by atoms with E-state index in [1.807, 2.05) is 30.3 Å². The molecular formula is C22H27NO6. The van der Waals surface area contributed by atoms with E-state index in [4.69, 9.17) is 9.47 Å². The molecule has 0 bridgehead atoms. The van der Waals surface area contributed by atoms with Gasteiger partial charge < -0.3 is 25.0 Å². The summed E-state index contributed by atoms with van der Waals surface area (Å²) in [6.45, 7) is 5.06. The maximum atomic E-state index is 12.4. The van der Waals surface area contributed by atoms with E-state index in [1.54, 1.807) is 32.9 Å². The summed E-state index contributed by atoms with van der Waals surface area (Å²) < 4.78 is 10.4. The molecule has 1 amide bonds. The van der Waals surface area contributed by atoms with Crippen LogP contribution in [-0.4, -0.2) is 40.5 Å². The normalized spacial score (nSPS) is 13.3. The number of hydrogen-bond donors (Lipinski definition) is 3. The van der Waals surface area contributed by atoms with E-state index < -0.39 is 29.9 Å². The third kappa shape index (κ3) is 7.21. The first-order valence-corrected chi connectivity index (χ1v) is 9.30. The molecule has 0 aliphatic carbocycles. The maximum absolute atomic E-state index is 12.4. The Bertz CT molecular complexity index is 816.